The number of aromatic hydroxyl groups is 1. The molecular weight excluding hydrogens is 440 g/mol. The van der Waals surface area contributed by atoms with E-state index in [0.29, 0.717) is 22.9 Å². The molecule has 0 saturated heterocycles. The fraction of sp³-hybridized carbons (Fsp3) is 0.435. The first-order chi connectivity index (χ1) is 15.5. The van der Waals surface area contributed by atoms with Crippen LogP contribution in [-0.2, 0) is 11.2 Å². The van der Waals surface area contributed by atoms with Crippen LogP contribution in [0.5, 0.6) is 5.75 Å². The Hall–Kier alpha value is -3.14. The molecule has 10 heteroatoms. The Bertz CT molecular complexity index is 1130. The fourth-order valence-corrected chi connectivity index (χ4v) is 4.22. The Labute approximate surface area is 197 Å². The lowest BCUT2D eigenvalue weighted by molar-refractivity contribution is 0.300. The molecule has 0 bridgehead atoms. The van der Waals surface area contributed by atoms with Crippen LogP contribution >= 0.6 is 0 Å². The van der Waals surface area contributed by atoms with Gasteiger partial charge in [-0.1, -0.05) is 26.8 Å². The highest BCUT2D eigenvalue weighted by atomic mass is 32.2. The molecule has 2 heterocycles. The van der Waals surface area contributed by atoms with Crippen molar-refractivity contribution in [3.8, 4) is 5.75 Å². The number of amidine groups is 3. The molecule has 0 aliphatic carbocycles. The number of aryl methyl sites for hydroxylation is 1. The first kappa shape index (κ1) is 24.5. The van der Waals surface area contributed by atoms with Crippen molar-refractivity contribution in [2.24, 2.45) is 19.2 Å². The zero-order valence-corrected chi connectivity index (χ0v) is 20.9. The summed E-state index contributed by atoms with van der Waals surface area (Å²) >= 11 is -1.77. The van der Waals surface area contributed by atoms with Crippen LogP contribution in [0.2, 0.25) is 0 Å². The van der Waals surface area contributed by atoms with Gasteiger partial charge in [0.1, 0.15) is 23.1 Å². The van der Waals surface area contributed by atoms with Crippen molar-refractivity contribution in [1.82, 2.24) is 10.2 Å². The van der Waals surface area contributed by atoms with Crippen LogP contribution in [0.25, 0.3) is 0 Å². The van der Waals surface area contributed by atoms with Crippen molar-refractivity contribution in [1.29, 1.82) is 0 Å². The second-order valence-electron chi connectivity index (χ2n) is 9.29. The van der Waals surface area contributed by atoms with Gasteiger partial charge in [-0.15, -0.1) is 8.80 Å². The molecule has 0 radical (unpaired) electrons. The normalized spacial score (nSPS) is 17.4. The van der Waals surface area contributed by atoms with Gasteiger partial charge in [0.2, 0.25) is 0 Å². The molecule has 178 valence electrons. The predicted molar refractivity (Wildman–Crippen MR) is 134 cm³/mol. The molecule has 33 heavy (non-hydrogen) atoms. The van der Waals surface area contributed by atoms with Gasteiger partial charge in [0.05, 0.1) is 17.3 Å². The third-order valence-electron chi connectivity index (χ3n) is 4.96. The summed E-state index contributed by atoms with van der Waals surface area (Å²) in [6.45, 7) is 8.31. The lowest BCUT2D eigenvalue weighted by atomic mass is 9.87. The summed E-state index contributed by atoms with van der Waals surface area (Å²) in [5.41, 5.74) is 0.968. The molecule has 1 aliphatic rings. The van der Waals surface area contributed by atoms with Crippen LogP contribution < -0.4 is 10.6 Å². The average Bonchev–Trinajstić information content (AvgIpc) is 3.28. The highest BCUT2D eigenvalue weighted by molar-refractivity contribution is 7.83. The first-order valence-electron chi connectivity index (χ1n) is 10.6. The number of phenols is 1. The molecule has 9 nitrogen and oxygen atoms in total. The van der Waals surface area contributed by atoms with Crippen LogP contribution in [0.3, 0.4) is 0 Å². The molecule has 0 saturated carbocycles. The van der Waals surface area contributed by atoms with E-state index >= 15 is 0 Å². The summed E-state index contributed by atoms with van der Waals surface area (Å²) in [5, 5.41) is 17.3. The maximum Gasteiger partial charge on any atom is 0.269 e. The van der Waals surface area contributed by atoms with Crippen molar-refractivity contribution in [2.45, 2.75) is 40.2 Å². The van der Waals surface area contributed by atoms with Gasteiger partial charge >= 0.3 is 0 Å². The van der Waals surface area contributed by atoms with Gasteiger partial charge in [0, 0.05) is 21.1 Å². The van der Waals surface area contributed by atoms with Gasteiger partial charge in [-0.3, -0.25) is 4.99 Å². The van der Waals surface area contributed by atoms with Crippen molar-refractivity contribution >= 4 is 34.4 Å². The molecule has 2 aromatic rings. The Balaban J connectivity index is 1.88. The van der Waals surface area contributed by atoms with Gasteiger partial charge in [-0.2, -0.15) is 0 Å². The lowest BCUT2D eigenvalue weighted by Crippen LogP contribution is -2.38. The molecule has 0 spiro atoms. The zero-order valence-electron chi connectivity index (χ0n) is 20.1. The molecule has 3 N–H and O–H groups in total. The van der Waals surface area contributed by atoms with Gasteiger partial charge in [0.15, 0.2) is 11.7 Å². The van der Waals surface area contributed by atoms with E-state index < -0.39 is 11.2 Å². The van der Waals surface area contributed by atoms with E-state index in [2.05, 4.69) is 45.2 Å². The second kappa shape index (κ2) is 9.78. The molecule has 3 rings (SSSR count). The maximum atomic E-state index is 12.2. The van der Waals surface area contributed by atoms with Crippen molar-refractivity contribution in [2.75, 3.05) is 26.5 Å². The number of phenolic OH excluding ortho intramolecular Hbond substituents is 1. The Morgan fingerprint density at radius 3 is 2.48 bits per heavy atom. The summed E-state index contributed by atoms with van der Waals surface area (Å²) in [5.74, 6) is 2.84. The van der Waals surface area contributed by atoms with Crippen molar-refractivity contribution in [3.63, 3.8) is 0 Å². The minimum absolute atomic E-state index is 0.00389. The first-order valence-corrected chi connectivity index (χ1v) is 11.7. The Morgan fingerprint density at radius 1 is 1.21 bits per heavy atom. The molecule has 1 aromatic carbocycles. The smallest absolute Gasteiger partial charge is 0.269 e. The number of rotatable bonds is 5. The average molecular weight is 473 g/mol. The molecule has 1 unspecified atom stereocenters. The zero-order chi connectivity index (χ0) is 24.3. The van der Waals surface area contributed by atoms with Crippen molar-refractivity contribution in [3.05, 3.63) is 47.4 Å². The van der Waals surface area contributed by atoms with Crippen LogP contribution in [0.15, 0.2) is 48.5 Å². The van der Waals surface area contributed by atoms with Crippen LogP contribution in [-0.4, -0.2) is 52.9 Å². The maximum absolute atomic E-state index is 12.2. The standard InChI is InChI=1S/C23H32N6O3S/c1-14-11-12-18(32-14)17(13-23(2,3)4)26-21-20(27-33(31)28-21)25-16-10-8-9-15(19(16)30)22(24-5)29(6)7/h8-12,17,30H,13H2,1-7H3,(H,25,27)(H,26,28)/t17-,33?/m1/s1. The molecule has 0 fully saturated rings. The van der Waals surface area contributed by atoms with Crippen LogP contribution in [0, 0.1) is 12.3 Å². The third-order valence-corrected chi connectivity index (χ3v) is 5.64. The van der Waals surface area contributed by atoms with Gasteiger partial charge in [0.25, 0.3) is 11.2 Å². The number of nitrogens with one attached hydrogen (secondary N) is 2. The highest BCUT2D eigenvalue weighted by Gasteiger charge is 2.28. The SMILES string of the molecule is CN=C(c1cccc(NC2=NS(=O)N=C2N[C@H](CC(C)(C)C)c2ccc(C)o2)c1O)N(C)C. The molecule has 1 aromatic heterocycles. The second-order valence-corrected chi connectivity index (χ2v) is 10.1. The van der Waals surface area contributed by atoms with E-state index in [0.717, 1.165) is 17.9 Å². The number of nitrogens with zero attached hydrogens (tertiary/aromatic N) is 4. The van der Waals surface area contributed by atoms with Gasteiger partial charge in [-0.05, 0) is 43.0 Å². The minimum Gasteiger partial charge on any atom is -0.505 e. The van der Waals surface area contributed by atoms with E-state index in [1.54, 1.807) is 25.2 Å². The predicted octanol–water partition coefficient (Wildman–Crippen LogP) is 3.80. The van der Waals surface area contributed by atoms with Gasteiger partial charge in [-0.25, -0.2) is 4.21 Å². The van der Waals surface area contributed by atoms with Crippen LogP contribution in [0.4, 0.5) is 5.69 Å². The van der Waals surface area contributed by atoms with E-state index in [1.807, 2.05) is 38.1 Å². The summed E-state index contributed by atoms with van der Waals surface area (Å²) in [4.78, 5) is 6.07. The summed E-state index contributed by atoms with van der Waals surface area (Å²) in [7, 11) is 5.37. The lowest BCUT2D eigenvalue weighted by Gasteiger charge is -2.26. The summed E-state index contributed by atoms with van der Waals surface area (Å²) in [6.07, 6.45) is 0.749. The summed E-state index contributed by atoms with van der Waals surface area (Å²) < 4.78 is 26.3. The minimum atomic E-state index is -1.77. The summed E-state index contributed by atoms with van der Waals surface area (Å²) in [6, 6.07) is 8.94. The number of para-hydroxylation sites is 1. The number of aliphatic imine (C=N–C) groups is 1. The van der Waals surface area contributed by atoms with E-state index in [9.17, 15) is 9.32 Å². The fourth-order valence-electron chi connectivity index (χ4n) is 3.59. The van der Waals surface area contributed by atoms with Crippen molar-refractivity contribution < 1.29 is 13.7 Å². The highest BCUT2D eigenvalue weighted by Crippen LogP contribution is 2.32. The Kier molecular flexibility index (Phi) is 7.26. The van der Waals surface area contributed by atoms with E-state index in [1.165, 1.54) is 0 Å². The largest absolute Gasteiger partial charge is 0.505 e. The van der Waals surface area contributed by atoms with Crippen LogP contribution in [0.1, 0.15) is 50.3 Å². The molecule has 0 amide bonds. The third kappa shape index (κ3) is 6.01. The van der Waals surface area contributed by atoms with E-state index in [4.69, 9.17) is 4.42 Å². The molecular formula is C23H32N6O3S. The number of hydrogen-bond donors (Lipinski definition) is 3. The number of benzene rings is 1. The topological polar surface area (TPSA) is 115 Å². The molecule has 1 aliphatic heterocycles. The number of anilines is 1. The molecule has 2 atom stereocenters. The van der Waals surface area contributed by atoms with E-state index in [-0.39, 0.29) is 23.0 Å². The van der Waals surface area contributed by atoms with Gasteiger partial charge < -0.3 is 25.1 Å². The Morgan fingerprint density at radius 2 is 1.91 bits per heavy atom. The number of hydrogen-bond acceptors (Lipinski definition) is 6. The number of furan rings is 1. The monoisotopic (exact) mass is 472 g/mol. The quantitative estimate of drug-likeness (QED) is 0.346.